The van der Waals surface area contributed by atoms with Gasteiger partial charge in [-0.3, -0.25) is 10.1 Å². The van der Waals surface area contributed by atoms with E-state index in [9.17, 15) is 14.5 Å². The van der Waals surface area contributed by atoms with E-state index in [0.29, 0.717) is 22.0 Å². The molecule has 20 heavy (non-hydrogen) atoms. The van der Waals surface area contributed by atoms with E-state index in [1.165, 1.54) is 37.1 Å². The highest BCUT2D eigenvalue weighted by atomic mass is 32.2. The maximum atomic E-state index is 13.5. The maximum absolute atomic E-state index is 13.5. The van der Waals surface area contributed by atoms with Gasteiger partial charge in [-0.2, -0.15) is 0 Å². The molecular formula is C14H12FNO3S. The molecule has 2 rings (SSSR count). The summed E-state index contributed by atoms with van der Waals surface area (Å²) in [5.74, 6) is 0.646. The summed E-state index contributed by atoms with van der Waals surface area (Å²) in [6, 6.07) is 10.8. The number of benzene rings is 2. The van der Waals surface area contributed by atoms with E-state index in [-0.39, 0.29) is 11.5 Å². The lowest BCUT2D eigenvalue weighted by molar-refractivity contribution is -0.384. The average molecular weight is 293 g/mol. The lowest BCUT2D eigenvalue weighted by Crippen LogP contribution is -1.94. The molecule has 0 unspecified atom stereocenters. The van der Waals surface area contributed by atoms with E-state index < -0.39 is 4.92 Å². The maximum Gasteiger partial charge on any atom is 0.270 e. The van der Waals surface area contributed by atoms with Gasteiger partial charge in [-0.05, 0) is 18.2 Å². The highest BCUT2D eigenvalue weighted by Gasteiger charge is 2.12. The van der Waals surface area contributed by atoms with Crippen molar-refractivity contribution in [2.75, 3.05) is 7.11 Å². The normalized spacial score (nSPS) is 10.3. The highest BCUT2D eigenvalue weighted by Crippen LogP contribution is 2.31. The molecule has 0 atom stereocenters. The topological polar surface area (TPSA) is 52.4 Å². The quantitative estimate of drug-likeness (QED) is 0.474. The number of nitrogens with zero attached hydrogens (tertiary/aromatic N) is 1. The molecule has 6 heteroatoms. The van der Waals surface area contributed by atoms with Gasteiger partial charge in [0, 0.05) is 28.3 Å². The number of rotatable bonds is 5. The first-order chi connectivity index (χ1) is 9.61. The third-order valence-electron chi connectivity index (χ3n) is 2.69. The Balaban J connectivity index is 2.22. The van der Waals surface area contributed by atoms with E-state index >= 15 is 0 Å². The van der Waals surface area contributed by atoms with Crippen LogP contribution < -0.4 is 4.74 Å². The smallest absolute Gasteiger partial charge is 0.270 e. The number of nitro groups is 1. The van der Waals surface area contributed by atoms with Gasteiger partial charge in [0.05, 0.1) is 12.0 Å². The lowest BCUT2D eigenvalue weighted by Gasteiger charge is -2.08. The molecule has 2 aromatic rings. The van der Waals surface area contributed by atoms with E-state index in [2.05, 4.69) is 0 Å². The van der Waals surface area contributed by atoms with Crippen molar-refractivity contribution in [2.24, 2.45) is 0 Å². The van der Waals surface area contributed by atoms with Crippen molar-refractivity contribution in [3.63, 3.8) is 0 Å². The summed E-state index contributed by atoms with van der Waals surface area (Å²) in [4.78, 5) is 10.8. The standard InChI is InChI=1S/C14H12FNO3S/c1-19-13-7-6-11(16(17)18)8-10(13)9-20-14-5-3-2-4-12(14)15/h2-8H,9H2,1H3. The van der Waals surface area contributed by atoms with Gasteiger partial charge in [-0.1, -0.05) is 12.1 Å². The van der Waals surface area contributed by atoms with Gasteiger partial charge >= 0.3 is 0 Å². The van der Waals surface area contributed by atoms with Crippen LogP contribution in [0.1, 0.15) is 5.56 Å². The number of thioether (sulfide) groups is 1. The van der Waals surface area contributed by atoms with Crippen LogP contribution in [0.3, 0.4) is 0 Å². The van der Waals surface area contributed by atoms with Gasteiger partial charge in [0.25, 0.3) is 5.69 Å². The summed E-state index contributed by atoms with van der Waals surface area (Å²) in [6.45, 7) is 0. The zero-order valence-corrected chi connectivity index (χ0v) is 11.5. The first kappa shape index (κ1) is 14.3. The first-order valence-electron chi connectivity index (χ1n) is 5.80. The Bertz CT molecular complexity index is 634. The van der Waals surface area contributed by atoms with Crippen molar-refractivity contribution in [3.8, 4) is 5.75 Å². The number of halogens is 1. The van der Waals surface area contributed by atoms with E-state index in [4.69, 9.17) is 4.74 Å². The second kappa shape index (κ2) is 6.38. The van der Waals surface area contributed by atoms with Crippen molar-refractivity contribution in [3.05, 3.63) is 64.0 Å². The van der Waals surface area contributed by atoms with Crippen LogP contribution in [0.4, 0.5) is 10.1 Å². The Kier molecular flexibility index (Phi) is 4.57. The summed E-state index contributed by atoms with van der Waals surface area (Å²) in [6.07, 6.45) is 0. The van der Waals surface area contributed by atoms with Crippen LogP contribution in [0.25, 0.3) is 0 Å². The molecule has 0 saturated heterocycles. The fraction of sp³-hybridized carbons (Fsp3) is 0.143. The van der Waals surface area contributed by atoms with E-state index in [1.54, 1.807) is 24.3 Å². The monoisotopic (exact) mass is 293 g/mol. The second-order valence-corrected chi connectivity index (χ2v) is 4.99. The van der Waals surface area contributed by atoms with Crippen LogP contribution in [-0.2, 0) is 5.75 Å². The Morgan fingerprint density at radius 2 is 2.05 bits per heavy atom. The third-order valence-corrected chi connectivity index (χ3v) is 3.79. The molecule has 0 N–H and O–H groups in total. The molecular weight excluding hydrogens is 281 g/mol. The number of ether oxygens (including phenoxy) is 1. The number of methoxy groups -OCH3 is 1. The molecule has 0 radical (unpaired) electrons. The number of nitro benzene ring substituents is 1. The third kappa shape index (κ3) is 3.27. The fourth-order valence-corrected chi connectivity index (χ4v) is 2.63. The van der Waals surface area contributed by atoms with Crippen LogP contribution in [0.2, 0.25) is 0 Å². The molecule has 4 nitrogen and oxygen atoms in total. The minimum absolute atomic E-state index is 0.00469. The van der Waals surface area contributed by atoms with Crippen LogP contribution >= 0.6 is 11.8 Å². The molecule has 0 aliphatic carbocycles. The van der Waals surface area contributed by atoms with Gasteiger partial charge in [0.2, 0.25) is 0 Å². The zero-order valence-electron chi connectivity index (χ0n) is 10.7. The summed E-state index contributed by atoms with van der Waals surface area (Å²) in [5.41, 5.74) is 0.657. The Labute approximate surface area is 119 Å². The van der Waals surface area contributed by atoms with E-state index in [0.717, 1.165) is 0 Å². The molecule has 104 valence electrons. The summed E-state index contributed by atoms with van der Waals surface area (Å²) >= 11 is 1.27. The molecule has 0 amide bonds. The minimum atomic E-state index is -0.462. The van der Waals surface area contributed by atoms with Gasteiger partial charge < -0.3 is 4.74 Å². The van der Waals surface area contributed by atoms with Crippen LogP contribution in [-0.4, -0.2) is 12.0 Å². The van der Waals surface area contributed by atoms with E-state index in [1.807, 2.05) is 0 Å². The molecule has 0 saturated carbocycles. The molecule has 0 bridgehead atoms. The van der Waals surface area contributed by atoms with Crippen molar-refractivity contribution < 1.29 is 14.1 Å². The van der Waals surface area contributed by atoms with Crippen molar-refractivity contribution in [1.82, 2.24) is 0 Å². The molecule has 2 aromatic carbocycles. The summed E-state index contributed by atoms with van der Waals surface area (Å²) in [5, 5.41) is 10.8. The Morgan fingerprint density at radius 1 is 1.30 bits per heavy atom. The van der Waals surface area contributed by atoms with Gasteiger partial charge in [-0.15, -0.1) is 11.8 Å². The van der Waals surface area contributed by atoms with Gasteiger partial charge in [0.15, 0.2) is 0 Å². The number of non-ortho nitro benzene ring substituents is 1. The zero-order chi connectivity index (χ0) is 14.5. The lowest BCUT2D eigenvalue weighted by atomic mass is 10.2. The molecule has 0 spiro atoms. The Hall–Kier alpha value is -2.08. The van der Waals surface area contributed by atoms with Crippen LogP contribution in [0, 0.1) is 15.9 Å². The molecule has 0 aromatic heterocycles. The van der Waals surface area contributed by atoms with Gasteiger partial charge in [0.1, 0.15) is 11.6 Å². The second-order valence-electron chi connectivity index (χ2n) is 3.97. The first-order valence-corrected chi connectivity index (χ1v) is 6.79. The molecule has 0 fully saturated rings. The number of hydrogen-bond donors (Lipinski definition) is 0. The number of hydrogen-bond acceptors (Lipinski definition) is 4. The summed E-state index contributed by atoms with van der Waals surface area (Å²) in [7, 11) is 1.50. The SMILES string of the molecule is COc1ccc([N+](=O)[O-])cc1CSc1ccccc1F. The fourth-order valence-electron chi connectivity index (χ4n) is 1.71. The summed E-state index contributed by atoms with van der Waals surface area (Å²) < 4.78 is 18.7. The predicted octanol–water partition coefficient (Wildman–Crippen LogP) is 4.03. The van der Waals surface area contributed by atoms with Crippen molar-refractivity contribution in [1.29, 1.82) is 0 Å². The largest absolute Gasteiger partial charge is 0.496 e. The Morgan fingerprint density at radius 3 is 2.70 bits per heavy atom. The molecule has 0 aliphatic rings. The molecule has 0 aliphatic heterocycles. The minimum Gasteiger partial charge on any atom is -0.496 e. The van der Waals surface area contributed by atoms with Crippen LogP contribution in [0.15, 0.2) is 47.4 Å². The van der Waals surface area contributed by atoms with Crippen molar-refractivity contribution >= 4 is 17.4 Å². The van der Waals surface area contributed by atoms with Crippen molar-refractivity contribution in [2.45, 2.75) is 10.6 Å². The molecule has 0 heterocycles. The highest BCUT2D eigenvalue weighted by molar-refractivity contribution is 7.98. The average Bonchev–Trinajstić information content (AvgIpc) is 2.46. The van der Waals surface area contributed by atoms with Crippen LogP contribution in [0.5, 0.6) is 5.75 Å². The predicted molar refractivity (Wildman–Crippen MR) is 75.6 cm³/mol. The van der Waals surface area contributed by atoms with Gasteiger partial charge in [-0.25, -0.2) is 4.39 Å².